The quantitative estimate of drug-likeness (QED) is 0.508. The number of nitrogens with one attached hydrogen (secondary N) is 1. The van der Waals surface area contributed by atoms with Crippen molar-refractivity contribution >= 4 is 21.5 Å². The number of imidazole rings is 2. The summed E-state index contributed by atoms with van der Waals surface area (Å²) in [6.45, 7) is 3.92. The Kier molecular flexibility index (Phi) is 4.94. The molecule has 30 heavy (non-hydrogen) atoms. The van der Waals surface area contributed by atoms with Gasteiger partial charge in [-0.2, -0.15) is 8.42 Å². The van der Waals surface area contributed by atoms with Gasteiger partial charge in [0, 0.05) is 43.3 Å². The molecule has 9 nitrogen and oxygen atoms in total. The summed E-state index contributed by atoms with van der Waals surface area (Å²) in [5, 5.41) is -0.0434. The molecule has 0 bridgehead atoms. The average Bonchev–Trinajstić information content (AvgIpc) is 3.31. The van der Waals surface area contributed by atoms with E-state index in [0.29, 0.717) is 28.7 Å². The van der Waals surface area contributed by atoms with E-state index in [0.717, 1.165) is 5.56 Å². The van der Waals surface area contributed by atoms with Gasteiger partial charge in [-0.25, -0.2) is 15.0 Å². The number of hydrogen-bond acceptors (Lipinski definition) is 6. The first-order valence-corrected chi connectivity index (χ1v) is 10.8. The predicted octanol–water partition coefficient (Wildman–Crippen LogP) is 3.06. The maximum atomic E-state index is 13.0. The second-order valence-electron chi connectivity index (χ2n) is 7.18. The SMILES string of the molecule is COc1ccc(-c2cn3cccnc3n2)cc1NS(=O)(=O)c1cn(C)c(C(C)C)n1. The van der Waals surface area contributed by atoms with Crippen molar-refractivity contribution in [3.05, 3.63) is 54.9 Å². The summed E-state index contributed by atoms with van der Waals surface area (Å²) in [4.78, 5) is 13.0. The fourth-order valence-electron chi connectivity index (χ4n) is 3.23. The number of anilines is 1. The van der Waals surface area contributed by atoms with Crippen molar-refractivity contribution in [3.8, 4) is 17.0 Å². The molecule has 3 aromatic heterocycles. The number of sulfonamides is 1. The molecule has 0 aliphatic carbocycles. The first-order chi connectivity index (χ1) is 14.3. The lowest BCUT2D eigenvalue weighted by molar-refractivity contribution is 0.417. The third-order valence-electron chi connectivity index (χ3n) is 4.66. The third kappa shape index (κ3) is 3.61. The van der Waals surface area contributed by atoms with E-state index in [2.05, 4.69) is 19.7 Å². The Hall–Kier alpha value is -3.40. The minimum absolute atomic E-state index is 0.0434. The van der Waals surface area contributed by atoms with Gasteiger partial charge >= 0.3 is 0 Å². The van der Waals surface area contributed by atoms with Crippen LogP contribution in [0.2, 0.25) is 0 Å². The van der Waals surface area contributed by atoms with Crippen molar-refractivity contribution in [1.29, 1.82) is 0 Å². The second kappa shape index (κ2) is 7.45. The topological polar surface area (TPSA) is 103 Å². The molecule has 0 saturated heterocycles. The van der Waals surface area contributed by atoms with Gasteiger partial charge in [0.1, 0.15) is 11.6 Å². The Morgan fingerprint density at radius 1 is 1.17 bits per heavy atom. The van der Waals surface area contributed by atoms with Gasteiger partial charge in [-0.3, -0.25) is 9.12 Å². The smallest absolute Gasteiger partial charge is 0.281 e. The van der Waals surface area contributed by atoms with Crippen LogP contribution < -0.4 is 9.46 Å². The Morgan fingerprint density at radius 2 is 1.97 bits per heavy atom. The molecule has 0 radical (unpaired) electrons. The minimum Gasteiger partial charge on any atom is -0.495 e. The van der Waals surface area contributed by atoms with Crippen LogP contribution in [0.3, 0.4) is 0 Å². The van der Waals surface area contributed by atoms with Crippen molar-refractivity contribution in [2.45, 2.75) is 24.8 Å². The van der Waals surface area contributed by atoms with Crippen LogP contribution >= 0.6 is 0 Å². The zero-order chi connectivity index (χ0) is 21.5. The minimum atomic E-state index is -3.90. The first-order valence-electron chi connectivity index (χ1n) is 9.32. The van der Waals surface area contributed by atoms with E-state index < -0.39 is 10.0 Å². The number of ether oxygens (including phenoxy) is 1. The van der Waals surface area contributed by atoms with Gasteiger partial charge in [0.05, 0.1) is 18.5 Å². The van der Waals surface area contributed by atoms with Crippen LogP contribution in [-0.2, 0) is 17.1 Å². The summed E-state index contributed by atoms with van der Waals surface area (Å²) in [6.07, 6.45) is 6.84. The molecule has 0 amide bonds. The van der Waals surface area contributed by atoms with Gasteiger partial charge in [0.25, 0.3) is 10.0 Å². The summed E-state index contributed by atoms with van der Waals surface area (Å²) in [7, 11) is -0.641. The Labute approximate surface area is 174 Å². The highest BCUT2D eigenvalue weighted by atomic mass is 32.2. The normalized spacial score (nSPS) is 11.9. The lowest BCUT2D eigenvalue weighted by Gasteiger charge is -2.12. The van der Waals surface area contributed by atoms with Gasteiger partial charge < -0.3 is 9.30 Å². The summed E-state index contributed by atoms with van der Waals surface area (Å²) in [6, 6.07) is 7.01. The third-order valence-corrected chi connectivity index (χ3v) is 5.89. The van der Waals surface area contributed by atoms with E-state index >= 15 is 0 Å². The van der Waals surface area contributed by atoms with Crippen LogP contribution in [-0.4, -0.2) is 39.4 Å². The van der Waals surface area contributed by atoms with Crippen LogP contribution in [0.1, 0.15) is 25.6 Å². The fourth-order valence-corrected chi connectivity index (χ4v) is 4.30. The maximum Gasteiger partial charge on any atom is 0.281 e. The number of benzene rings is 1. The van der Waals surface area contributed by atoms with Gasteiger partial charge in [0.15, 0.2) is 5.03 Å². The number of hydrogen-bond donors (Lipinski definition) is 1. The summed E-state index contributed by atoms with van der Waals surface area (Å²) >= 11 is 0. The molecular weight excluding hydrogens is 404 g/mol. The van der Waals surface area contributed by atoms with Crippen molar-refractivity contribution in [2.24, 2.45) is 7.05 Å². The van der Waals surface area contributed by atoms with E-state index in [1.165, 1.54) is 13.3 Å². The molecule has 1 N–H and O–H groups in total. The number of aryl methyl sites for hydroxylation is 1. The van der Waals surface area contributed by atoms with E-state index in [1.54, 1.807) is 34.3 Å². The molecular formula is C20H22N6O3S. The largest absolute Gasteiger partial charge is 0.495 e. The zero-order valence-electron chi connectivity index (χ0n) is 17.1. The Bertz CT molecular complexity index is 1290. The molecule has 0 atom stereocenters. The Balaban J connectivity index is 1.72. The average molecular weight is 427 g/mol. The summed E-state index contributed by atoms with van der Waals surface area (Å²) in [5.41, 5.74) is 1.69. The molecule has 1 aromatic carbocycles. The van der Waals surface area contributed by atoms with Crippen LogP contribution in [0.15, 0.2) is 54.1 Å². The van der Waals surface area contributed by atoms with E-state index in [9.17, 15) is 8.42 Å². The van der Waals surface area contributed by atoms with Crippen molar-refractivity contribution in [1.82, 2.24) is 23.9 Å². The van der Waals surface area contributed by atoms with Crippen LogP contribution in [0, 0.1) is 0 Å². The Morgan fingerprint density at radius 3 is 2.63 bits per heavy atom. The van der Waals surface area contributed by atoms with Crippen LogP contribution in [0.25, 0.3) is 17.0 Å². The highest BCUT2D eigenvalue weighted by Gasteiger charge is 2.22. The van der Waals surface area contributed by atoms with Crippen molar-refractivity contribution in [2.75, 3.05) is 11.8 Å². The van der Waals surface area contributed by atoms with E-state index in [4.69, 9.17) is 4.74 Å². The van der Waals surface area contributed by atoms with Crippen molar-refractivity contribution < 1.29 is 13.2 Å². The molecule has 0 aliphatic heterocycles. The molecule has 3 heterocycles. The lowest BCUT2D eigenvalue weighted by atomic mass is 10.1. The molecule has 4 aromatic rings. The maximum absolute atomic E-state index is 13.0. The summed E-state index contributed by atoms with van der Waals surface area (Å²) in [5.74, 6) is 1.73. The first kappa shape index (κ1) is 19.9. The van der Waals surface area contributed by atoms with Crippen LogP contribution in [0.4, 0.5) is 5.69 Å². The molecule has 0 unspecified atom stereocenters. The van der Waals surface area contributed by atoms with Gasteiger partial charge in [-0.15, -0.1) is 0 Å². The van der Waals surface area contributed by atoms with Gasteiger partial charge in [-0.1, -0.05) is 13.8 Å². The highest BCUT2D eigenvalue weighted by Crippen LogP contribution is 2.32. The standard InChI is InChI=1S/C20H22N6O3S/c1-13(2)19-23-18(12-25(19)3)30(27,28)24-15-10-14(6-7-17(15)29-4)16-11-26-9-5-8-21-20(26)22-16/h5-13,24H,1-4H3. The molecule has 0 spiro atoms. The van der Waals surface area contributed by atoms with Crippen molar-refractivity contribution in [3.63, 3.8) is 0 Å². The summed E-state index contributed by atoms with van der Waals surface area (Å²) < 4.78 is 37.4. The van der Waals surface area contributed by atoms with E-state index in [1.807, 2.05) is 38.4 Å². The molecule has 0 saturated carbocycles. The number of rotatable bonds is 6. The lowest BCUT2D eigenvalue weighted by Crippen LogP contribution is -2.14. The molecule has 0 aliphatic rings. The fraction of sp³-hybridized carbons (Fsp3) is 0.250. The molecule has 0 fully saturated rings. The van der Waals surface area contributed by atoms with Gasteiger partial charge in [-0.05, 0) is 24.3 Å². The molecule has 4 rings (SSSR count). The zero-order valence-corrected chi connectivity index (χ0v) is 17.9. The predicted molar refractivity (Wildman–Crippen MR) is 113 cm³/mol. The number of fused-ring (bicyclic) bond motifs is 1. The number of nitrogens with zero attached hydrogens (tertiary/aromatic N) is 5. The highest BCUT2D eigenvalue weighted by molar-refractivity contribution is 7.92. The van der Waals surface area contributed by atoms with Crippen LogP contribution in [0.5, 0.6) is 5.75 Å². The monoisotopic (exact) mass is 426 g/mol. The number of methoxy groups -OCH3 is 1. The second-order valence-corrected chi connectivity index (χ2v) is 8.81. The molecule has 156 valence electrons. The van der Waals surface area contributed by atoms with E-state index in [-0.39, 0.29) is 10.9 Å². The number of aromatic nitrogens is 5. The molecule has 10 heteroatoms. The van der Waals surface area contributed by atoms with Gasteiger partial charge in [0.2, 0.25) is 5.78 Å².